The highest BCUT2D eigenvalue weighted by atomic mass is 79.9. The lowest BCUT2D eigenvalue weighted by molar-refractivity contribution is -0.118. The Morgan fingerprint density at radius 1 is 1.21 bits per heavy atom. The number of aldehydes is 1. The molecule has 0 unspecified atom stereocenters. The molecule has 2 rings (SSSR count). The molecule has 0 saturated carbocycles. The molecule has 0 bridgehead atoms. The molecular formula is C17H15Br2NO4. The van der Waals surface area contributed by atoms with Crippen LogP contribution >= 0.6 is 31.9 Å². The van der Waals surface area contributed by atoms with Crippen molar-refractivity contribution in [1.82, 2.24) is 0 Å². The first-order chi connectivity index (χ1) is 11.4. The van der Waals surface area contributed by atoms with Gasteiger partial charge in [0.1, 0.15) is 11.5 Å². The van der Waals surface area contributed by atoms with E-state index < -0.39 is 0 Å². The van der Waals surface area contributed by atoms with Crippen molar-refractivity contribution in [2.24, 2.45) is 0 Å². The number of hydrogen-bond donors (Lipinski definition) is 1. The predicted octanol–water partition coefficient (Wildman–Crippen LogP) is 4.36. The van der Waals surface area contributed by atoms with E-state index in [0.29, 0.717) is 29.0 Å². The number of anilines is 1. The Morgan fingerprint density at radius 3 is 2.46 bits per heavy atom. The summed E-state index contributed by atoms with van der Waals surface area (Å²) in [5.74, 6) is 0.525. The fourth-order valence-corrected chi connectivity index (χ4v) is 3.63. The third-order valence-electron chi connectivity index (χ3n) is 3.15. The van der Waals surface area contributed by atoms with Crippen LogP contribution in [0.2, 0.25) is 0 Å². The molecule has 0 spiro atoms. The lowest BCUT2D eigenvalue weighted by Crippen LogP contribution is -2.21. The molecule has 0 saturated heterocycles. The predicted molar refractivity (Wildman–Crippen MR) is 99.1 cm³/mol. The van der Waals surface area contributed by atoms with Crippen LogP contribution in [0.15, 0.2) is 39.3 Å². The quantitative estimate of drug-likeness (QED) is 0.656. The molecule has 0 atom stereocenters. The van der Waals surface area contributed by atoms with Crippen molar-refractivity contribution in [2.75, 3.05) is 19.0 Å². The van der Waals surface area contributed by atoms with Gasteiger partial charge in [-0.2, -0.15) is 0 Å². The van der Waals surface area contributed by atoms with Gasteiger partial charge in [0.05, 0.1) is 18.4 Å². The summed E-state index contributed by atoms with van der Waals surface area (Å²) in [5, 5.41) is 2.77. The standard InChI is InChI=1S/C17H15Br2NO4/c1-10-5-13(18)17(14(19)6-10)20-16(22)9-24-15-4-3-12(23-2)7-11(15)8-21/h3-8H,9H2,1-2H3,(H,20,22). The van der Waals surface area contributed by atoms with Crippen LogP contribution in [0.25, 0.3) is 0 Å². The van der Waals surface area contributed by atoms with Crippen molar-refractivity contribution in [3.8, 4) is 11.5 Å². The maximum atomic E-state index is 12.1. The smallest absolute Gasteiger partial charge is 0.262 e. The molecule has 5 nitrogen and oxygen atoms in total. The second-order valence-electron chi connectivity index (χ2n) is 4.96. The Balaban J connectivity index is 2.05. The van der Waals surface area contributed by atoms with E-state index in [1.165, 1.54) is 7.11 Å². The van der Waals surface area contributed by atoms with Crippen molar-refractivity contribution in [3.05, 3.63) is 50.4 Å². The van der Waals surface area contributed by atoms with Gasteiger partial charge in [-0.1, -0.05) is 0 Å². The van der Waals surface area contributed by atoms with Crippen LogP contribution in [-0.2, 0) is 4.79 Å². The fourth-order valence-electron chi connectivity index (χ4n) is 2.02. The number of halogens is 2. The summed E-state index contributed by atoms with van der Waals surface area (Å²) >= 11 is 6.83. The number of carbonyl (C=O) groups excluding carboxylic acids is 2. The van der Waals surface area contributed by atoms with Gasteiger partial charge in [0, 0.05) is 8.95 Å². The minimum Gasteiger partial charge on any atom is -0.497 e. The maximum Gasteiger partial charge on any atom is 0.262 e. The van der Waals surface area contributed by atoms with E-state index in [2.05, 4.69) is 37.2 Å². The van der Waals surface area contributed by atoms with Gasteiger partial charge in [-0.25, -0.2) is 0 Å². The molecule has 0 aliphatic rings. The van der Waals surface area contributed by atoms with Gasteiger partial charge in [-0.3, -0.25) is 9.59 Å². The van der Waals surface area contributed by atoms with E-state index >= 15 is 0 Å². The van der Waals surface area contributed by atoms with Crippen LogP contribution in [-0.4, -0.2) is 25.9 Å². The van der Waals surface area contributed by atoms with E-state index in [4.69, 9.17) is 9.47 Å². The molecular weight excluding hydrogens is 442 g/mol. The van der Waals surface area contributed by atoms with Gasteiger partial charge in [0.25, 0.3) is 5.91 Å². The van der Waals surface area contributed by atoms with Crippen molar-refractivity contribution in [3.63, 3.8) is 0 Å². The topological polar surface area (TPSA) is 64.6 Å². The zero-order valence-corrected chi connectivity index (χ0v) is 16.2. The van der Waals surface area contributed by atoms with Crippen LogP contribution < -0.4 is 14.8 Å². The van der Waals surface area contributed by atoms with Gasteiger partial charge >= 0.3 is 0 Å². The number of methoxy groups -OCH3 is 1. The summed E-state index contributed by atoms with van der Waals surface area (Å²) in [7, 11) is 1.51. The van der Waals surface area contributed by atoms with E-state index in [9.17, 15) is 9.59 Å². The van der Waals surface area contributed by atoms with Crippen LogP contribution in [0, 0.1) is 6.92 Å². The third-order valence-corrected chi connectivity index (χ3v) is 4.40. The molecule has 0 radical (unpaired) electrons. The van der Waals surface area contributed by atoms with Gasteiger partial charge < -0.3 is 14.8 Å². The van der Waals surface area contributed by atoms with Crippen LogP contribution in [0.1, 0.15) is 15.9 Å². The summed E-state index contributed by atoms with van der Waals surface area (Å²) in [5.41, 5.74) is 2.00. The Bertz CT molecular complexity index is 754. The third kappa shape index (κ3) is 4.58. The first-order valence-electron chi connectivity index (χ1n) is 6.96. The average molecular weight is 457 g/mol. The summed E-state index contributed by atoms with van der Waals surface area (Å²) in [6, 6.07) is 8.60. The van der Waals surface area contributed by atoms with Crippen LogP contribution in [0.3, 0.4) is 0 Å². The zero-order valence-electron chi connectivity index (χ0n) is 13.1. The monoisotopic (exact) mass is 455 g/mol. The van der Waals surface area contributed by atoms with Crippen molar-refractivity contribution in [1.29, 1.82) is 0 Å². The number of nitrogens with one attached hydrogen (secondary N) is 1. The molecule has 0 heterocycles. The lowest BCUT2D eigenvalue weighted by atomic mass is 10.2. The molecule has 0 aromatic heterocycles. The van der Waals surface area contributed by atoms with Gasteiger partial charge in [-0.15, -0.1) is 0 Å². The van der Waals surface area contributed by atoms with Crippen molar-refractivity contribution < 1.29 is 19.1 Å². The Morgan fingerprint density at radius 2 is 1.88 bits per heavy atom. The summed E-state index contributed by atoms with van der Waals surface area (Å²) in [4.78, 5) is 23.2. The van der Waals surface area contributed by atoms with Gasteiger partial charge in [-0.05, 0) is 74.7 Å². The van der Waals surface area contributed by atoms with Gasteiger partial charge in [0.2, 0.25) is 0 Å². The average Bonchev–Trinajstić information content (AvgIpc) is 2.56. The fraction of sp³-hybridized carbons (Fsp3) is 0.176. The number of rotatable bonds is 6. The molecule has 0 aliphatic heterocycles. The first-order valence-corrected chi connectivity index (χ1v) is 8.54. The SMILES string of the molecule is COc1ccc(OCC(=O)Nc2c(Br)cc(C)cc2Br)c(C=O)c1. The number of carbonyl (C=O) groups is 2. The molecule has 0 aliphatic carbocycles. The van der Waals surface area contributed by atoms with Crippen molar-refractivity contribution >= 4 is 49.7 Å². The number of ether oxygens (including phenoxy) is 2. The highest BCUT2D eigenvalue weighted by Crippen LogP contribution is 2.32. The van der Waals surface area contributed by atoms with Gasteiger partial charge in [0.15, 0.2) is 12.9 Å². The molecule has 2 aromatic rings. The summed E-state index contributed by atoms with van der Waals surface area (Å²) < 4.78 is 12.0. The zero-order chi connectivity index (χ0) is 17.7. The molecule has 126 valence electrons. The van der Waals surface area contributed by atoms with Crippen LogP contribution in [0.4, 0.5) is 5.69 Å². The normalized spacial score (nSPS) is 10.2. The maximum absolute atomic E-state index is 12.1. The second kappa shape index (κ2) is 8.30. The minimum absolute atomic E-state index is 0.222. The largest absolute Gasteiger partial charge is 0.497 e. The molecule has 2 aromatic carbocycles. The first kappa shape index (κ1) is 18.5. The minimum atomic E-state index is -0.340. The van der Waals surface area contributed by atoms with Crippen molar-refractivity contribution in [2.45, 2.75) is 6.92 Å². The second-order valence-corrected chi connectivity index (χ2v) is 6.67. The Hall–Kier alpha value is -1.86. The molecule has 7 heteroatoms. The number of benzene rings is 2. The van der Waals surface area contributed by atoms with E-state index in [1.807, 2.05) is 19.1 Å². The van der Waals surface area contributed by atoms with E-state index in [-0.39, 0.29) is 12.5 Å². The lowest BCUT2D eigenvalue weighted by Gasteiger charge is -2.12. The molecule has 24 heavy (non-hydrogen) atoms. The number of amides is 1. The van der Waals surface area contributed by atoms with E-state index in [0.717, 1.165) is 14.5 Å². The number of hydrogen-bond acceptors (Lipinski definition) is 4. The Labute approximate surface area is 156 Å². The van der Waals surface area contributed by atoms with Crippen LogP contribution in [0.5, 0.6) is 11.5 Å². The number of aryl methyl sites for hydroxylation is 1. The molecule has 0 fully saturated rings. The van der Waals surface area contributed by atoms with E-state index in [1.54, 1.807) is 18.2 Å². The Kier molecular flexibility index (Phi) is 6.39. The highest BCUT2D eigenvalue weighted by molar-refractivity contribution is 9.11. The highest BCUT2D eigenvalue weighted by Gasteiger charge is 2.12. The molecule has 1 amide bonds. The molecule has 1 N–H and O–H groups in total. The summed E-state index contributed by atoms with van der Waals surface area (Å²) in [6.45, 7) is 1.73. The summed E-state index contributed by atoms with van der Waals surface area (Å²) in [6.07, 6.45) is 0.656.